The van der Waals surface area contributed by atoms with Gasteiger partial charge in [0, 0.05) is 18.7 Å². The quantitative estimate of drug-likeness (QED) is 0.453. The molecule has 90 valence electrons. The van der Waals surface area contributed by atoms with E-state index in [2.05, 4.69) is 5.32 Å². The summed E-state index contributed by atoms with van der Waals surface area (Å²) in [5.74, 6) is -0.586. The number of rotatable bonds is 1. The van der Waals surface area contributed by atoms with E-state index in [9.17, 15) is 14.7 Å². The van der Waals surface area contributed by atoms with Crippen molar-refractivity contribution < 1.29 is 14.7 Å². The van der Waals surface area contributed by atoms with Crippen molar-refractivity contribution in [3.8, 4) is 5.75 Å². The molecule has 4 N–H and O–H groups in total. The molecule has 2 rings (SSSR count). The number of nitrogen functional groups attached to an aromatic ring is 1. The van der Waals surface area contributed by atoms with E-state index in [1.165, 1.54) is 23.1 Å². The van der Waals surface area contributed by atoms with Crippen molar-refractivity contribution in [3.63, 3.8) is 0 Å². The molecule has 0 bridgehead atoms. The van der Waals surface area contributed by atoms with E-state index in [-0.39, 0.29) is 29.8 Å². The van der Waals surface area contributed by atoms with Gasteiger partial charge >= 0.3 is 0 Å². The van der Waals surface area contributed by atoms with Gasteiger partial charge in [0.2, 0.25) is 5.91 Å². The van der Waals surface area contributed by atoms with Gasteiger partial charge in [-0.3, -0.25) is 9.59 Å². The summed E-state index contributed by atoms with van der Waals surface area (Å²) < 4.78 is 0. The number of nitrogens with zero attached hydrogens (tertiary/aromatic N) is 1. The Morgan fingerprint density at radius 2 is 2.24 bits per heavy atom. The number of hydrogen-bond acceptors (Lipinski definition) is 4. The number of piperazine rings is 1. The number of amides is 2. The molecule has 1 fully saturated rings. The second-order valence-electron chi connectivity index (χ2n) is 3.85. The normalized spacial score (nSPS) is 15.5. The Labute approximate surface area is 98.0 Å². The molecule has 1 aliphatic heterocycles. The van der Waals surface area contributed by atoms with Gasteiger partial charge in [-0.25, -0.2) is 0 Å². The SMILES string of the molecule is Nc1ccc(C(=O)N2CCNC(=O)C2)cc1O. The first kappa shape index (κ1) is 11.3. The van der Waals surface area contributed by atoms with Gasteiger partial charge in [0.15, 0.2) is 0 Å². The molecule has 1 aromatic rings. The highest BCUT2D eigenvalue weighted by molar-refractivity contribution is 5.97. The van der Waals surface area contributed by atoms with Crippen LogP contribution in [0.4, 0.5) is 5.69 Å². The molecule has 2 amide bonds. The summed E-state index contributed by atoms with van der Waals surface area (Å²) in [4.78, 5) is 24.6. The largest absolute Gasteiger partial charge is 0.506 e. The average molecular weight is 235 g/mol. The fraction of sp³-hybridized carbons (Fsp3) is 0.273. The van der Waals surface area contributed by atoms with Crippen molar-refractivity contribution in [1.29, 1.82) is 0 Å². The van der Waals surface area contributed by atoms with E-state index in [1.54, 1.807) is 0 Å². The molecule has 6 heteroatoms. The molecule has 0 unspecified atom stereocenters. The number of carbonyl (C=O) groups excluding carboxylic acids is 2. The highest BCUT2D eigenvalue weighted by Gasteiger charge is 2.22. The van der Waals surface area contributed by atoms with Gasteiger partial charge in [-0.05, 0) is 18.2 Å². The number of nitrogens with two attached hydrogens (primary N) is 1. The fourth-order valence-electron chi connectivity index (χ4n) is 1.67. The number of anilines is 1. The van der Waals surface area contributed by atoms with Crippen molar-refractivity contribution in [2.24, 2.45) is 0 Å². The lowest BCUT2D eigenvalue weighted by Gasteiger charge is -2.26. The highest BCUT2D eigenvalue weighted by Crippen LogP contribution is 2.21. The summed E-state index contributed by atoms with van der Waals surface area (Å²) in [6.45, 7) is 0.964. The van der Waals surface area contributed by atoms with Gasteiger partial charge in [-0.1, -0.05) is 0 Å². The molecular formula is C11H13N3O3. The maximum Gasteiger partial charge on any atom is 0.254 e. The van der Waals surface area contributed by atoms with Crippen LogP contribution in [0.25, 0.3) is 0 Å². The summed E-state index contributed by atoms with van der Waals surface area (Å²) in [5, 5.41) is 12.1. The van der Waals surface area contributed by atoms with Crippen LogP contribution in [0, 0.1) is 0 Å². The van der Waals surface area contributed by atoms with E-state index >= 15 is 0 Å². The lowest BCUT2D eigenvalue weighted by atomic mass is 10.1. The number of carbonyl (C=O) groups is 2. The van der Waals surface area contributed by atoms with Crippen molar-refractivity contribution in [2.45, 2.75) is 0 Å². The summed E-state index contributed by atoms with van der Waals surface area (Å²) >= 11 is 0. The predicted octanol–water partition coefficient (Wildman–Crippen LogP) is -0.454. The Bertz CT molecular complexity index is 473. The van der Waals surface area contributed by atoms with E-state index in [4.69, 9.17) is 5.73 Å². The van der Waals surface area contributed by atoms with Gasteiger partial charge in [0.05, 0.1) is 12.2 Å². The zero-order chi connectivity index (χ0) is 12.4. The topological polar surface area (TPSA) is 95.7 Å². The second-order valence-corrected chi connectivity index (χ2v) is 3.85. The van der Waals surface area contributed by atoms with Crippen LogP contribution in [0.5, 0.6) is 5.75 Å². The fourth-order valence-corrected chi connectivity index (χ4v) is 1.67. The Morgan fingerprint density at radius 1 is 1.47 bits per heavy atom. The van der Waals surface area contributed by atoms with E-state index in [1.807, 2.05) is 0 Å². The van der Waals surface area contributed by atoms with E-state index in [0.717, 1.165) is 0 Å². The lowest BCUT2D eigenvalue weighted by molar-refractivity contribution is -0.123. The highest BCUT2D eigenvalue weighted by atomic mass is 16.3. The van der Waals surface area contributed by atoms with Crippen molar-refractivity contribution in [1.82, 2.24) is 10.2 Å². The number of aromatic hydroxyl groups is 1. The summed E-state index contributed by atoms with van der Waals surface area (Å²) in [6.07, 6.45) is 0. The van der Waals surface area contributed by atoms with E-state index in [0.29, 0.717) is 18.7 Å². The third-order valence-electron chi connectivity index (χ3n) is 2.60. The summed E-state index contributed by atoms with van der Waals surface area (Å²) in [5.41, 5.74) is 6.00. The molecule has 0 saturated carbocycles. The summed E-state index contributed by atoms with van der Waals surface area (Å²) in [7, 11) is 0. The zero-order valence-electron chi connectivity index (χ0n) is 9.14. The number of nitrogens with one attached hydrogen (secondary N) is 1. The molecule has 1 saturated heterocycles. The molecule has 1 aromatic carbocycles. The third-order valence-corrected chi connectivity index (χ3v) is 2.60. The Kier molecular flexibility index (Phi) is 2.86. The number of hydrogen-bond donors (Lipinski definition) is 3. The van der Waals surface area contributed by atoms with Crippen LogP contribution < -0.4 is 11.1 Å². The Hall–Kier alpha value is -2.24. The molecule has 1 heterocycles. The molecule has 0 spiro atoms. The molecule has 0 aromatic heterocycles. The first-order valence-electron chi connectivity index (χ1n) is 5.22. The molecule has 1 aliphatic rings. The molecule has 0 aliphatic carbocycles. The van der Waals surface area contributed by atoms with Crippen LogP contribution >= 0.6 is 0 Å². The molecule has 0 atom stereocenters. The predicted molar refractivity (Wildman–Crippen MR) is 61.4 cm³/mol. The molecule has 6 nitrogen and oxygen atoms in total. The monoisotopic (exact) mass is 235 g/mol. The van der Waals surface area contributed by atoms with Crippen LogP contribution in [-0.2, 0) is 4.79 Å². The average Bonchev–Trinajstić information content (AvgIpc) is 2.32. The standard InChI is InChI=1S/C11H13N3O3/c12-8-2-1-7(5-9(8)15)11(17)14-4-3-13-10(16)6-14/h1-2,5,15H,3-4,6,12H2,(H,13,16). The van der Waals surface area contributed by atoms with Gasteiger partial charge in [-0.2, -0.15) is 0 Å². The maximum absolute atomic E-state index is 12.0. The maximum atomic E-state index is 12.0. The van der Waals surface area contributed by atoms with Crippen LogP contribution in [0.2, 0.25) is 0 Å². The second kappa shape index (κ2) is 4.32. The molecular weight excluding hydrogens is 222 g/mol. The minimum atomic E-state index is -0.282. The minimum absolute atomic E-state index is 0.0456. The van der Waals surface area contributed by atoms with Crippen LogP contribution in [0.3, 0.4) is 0 Å². The van der Waals surface area contributed by atoms with Crippen molar-refractivity contribution in [3.05, 3.63) is 23.8 Å². The minimum Gasteiger partial charge on any atom is -0.506 e. The first-order chi connectivity index (χ1) is 8.08. The number of phenols is 1. The van der Waals surface area contributed by atoms with Crippen LogP contribution in [-0.4, -0.2) is 41.5 Å². The van der Waals surface area contributed by atoms with Gasteiger partial charge < -0.3 is 21.1 Å². The van der Waals surface area contributed by atoms with Crippen molar-refractivity contribution >= 4 is 17.5 Å². The Balaban J connectivity index is 2.18. The van der Waals surface area contributed by atoms with Crippen molar-refractivity contribution in [2.75, 3.05) is 25.4 Å². The smallest absolute Gasteiger partial charge is 0.254 e. The molecule has 17 heavy (non-hydrogen) atoms. The molecule has 0 radical (unpaired) electrons. The first-order valence-corrected chi connectivity index (χ1v) is 5.22. The third kappa shape index (κ3) is 2.30. The number of phenolic OH excluding ortho intramolecular Hbond substituents is 1. The van der Waals surface area contributed by atoms with Gasteiger partial charge in [-0.15, -0.1) is 0 Å². The van der Waals surface area contributed by atoms with Gasteiger partial charge in [0.1, 0.15) is 5.75 Å². The zero-order valence-corrected chi connectivity index (χ0v) is 9.14. The van der Waals surface area contributed by atoms with Crippen LogP contribution in [0.1, 0.15) is 10.4 Å². The Morgan fingerprint density at radius 3 is 2.88 bits per heavy atom. The number of benzene rings is 1. The lowest BCUT2D eigenvalue weighted by Crippen LogP contribution is -2.49. The van der Waals surface area contributed by atoms with Crippen LogP contribution in [0.15, 0.2) is 18.2 Å². The summed E-state index contributed by atoms with van der Waals surface area (Å²) in [6, 6.07) is 4.31. The van der Waals surface area contributed by atoms with Gasteiger partial charge in [0.25, 0.3) is 5.91 Å². The van der Waals surface area contributed by atoms with E-state index < -0.39 is 0 Å².